The molecule has 5 fully saturated rings. The summed E-state index contributed by atoms with van der Waals surface area (Å²) in [4.78, 5) is 83.2. The van der Waals surface area contributed by atoms with Crippen LogP contribution in [-0.2, 0) is 36.4 Å². The fraction of sp³-hybridized carbons (Fsp3) is 0.510. The van der Waals surface area contributed by atoms with Crippen molar-refractivity contribution in [1.29, 1.82) is 0 Å². The third kappa shape index (κ3) is 6.72. The molecule has 4 atom stereocenters. The van der Waals surface area contributed by atoms with E-state index in [4.69, 9.17) is 11.6 Å². The molecule has 3 saturated heterocycles. The van der Waals surface area contributed by atoms with Crippen molar-refractivity contribution in [3.05, 3.63) is 98.2 Å². The van der Waals surface area contributed by atoms with Gasteiger partial charge in [0, 0.05) is 55.7 Å². The predicted octanol–water partition coefficient (Wildman–Crippen LogP) is 6.15. The van der Waals surface area contributed by atoms with E-state index in [2.05, 4.69) is 21.3 Å². The zero-order valence-electron chi connectivity index (χ0n) is 36.3. The smallest absolute Gasteiger partial charge is 0.329 e. The van der Waals surface area contributed by atoms with Crippen LogP contribution in [0.4, 0.5) is 10.1 Å². The second kappa shape index (κ2) is 16.3. The first kappa shape index (κ1) is 42.6. The van der Waals surface area contributed by atoms with Crippen LogP contribution in [0.2, 0.25) is 5.02 Å². The number of rotatable bonds is 6. The normalized spacial score (nSPS) is 28.1. The van der Waals surface area contributed by atoms with Crippen LogP contribution in [0.15, 0.2) is 59.4 Å². The number of amides is 5. The molecule has 2 aliphatic carbocycles. The molecule has 4 N–H and O–H groups in total. The zero-order valence-corrected chi connectivity index (χ0v) is 37.1. The van der Waals surface area contributed by atoms with Gasteiger partial charge in [0.25, 0.3) is 0 Å². The molecule has 13 nitrogen and oxygen atoms in total. The summed E-state index contributed by atoms with van der Waals surface area (Å²) in [5.74, 6) is -2.60. The molecule has 2 saturated carbocycles. The van der Waals surface area contributed by atoms with E-state index >= 15 is 4.39 Å². The highest BCUT2D eigenvalue weighted by atomic mass is 35.5. The van der Waals surface area contributed by atoms with Crippen molar-refractivity contribution in [1.82, 2.24) is 30.0 Å². The number of halogens is 2. The van der Waals surface area contributed by atoms with Crippen molar-refractivity contribution in [3.8, 4) is 0 Å². The Morgan fingerprint density at radius 2 is 1.61 bits per heavy atom. The first-order valence-electron chi connectivity index (χ1n) is 23.1. The molecule has 4 aromatic rings. The molecule has 1 aromatic heterocycles. The van der Waals surface area contributed by atoms with E-state index in [-0.39, 0.29) is 70.6 Å². The third-order valence-corrected chi connectivity index (χ3v) is 16.1. The van der Waals surface area contributed by atoms with Crippen molar-refractivity contribution < 1.29 is 28.4 Å². The monoisotopic (exact) mass is 891 g/mol. The Kier molecular flexibility index (Phi) is 10.8. The largest absolute Gasteiger partial charge is 0.352 e. The van der Waals surface area contributed by atoms with Gasteiger partial charge in [0.1, 0.15) is 17.3 Å². The number of hydrogen-bond donors (Lipinski definition) is 4. The Balaban J connectivity index is 0.815. The first-order valence-corrected chi connectivity index (χ1v) is 23.5. The van der Waals surface area contributed by atoms with E-state index in [0.717, 1.165) is 54.3 Å². The average molecular weight is 892 g/mol. The standard InChI is InChI=1S/C49H55ClFN7O6/c1-27-9-15-33-35(25-27)53-46(63)49(33)40(32-7-6-8-34(50)41(32)51)42(55-48(49)21-4-3-5-22-48)44(61)52-31-13-10-29(11-14-31)45(62)57-23-19-28(20-24-57)30-12-16-36-38(26-30)56(2)47(64)58(36)37-17-18-39(59)54-43(37)60/h6-9,12,15-16,25-26,28-29,31,37,40,42,55H,3-5,10-11,13-14,17-24H2,1-2H3,(H,52,61)(H,53,63)(H,54,59,60)/t29?,31?,37?,40-,42+,49+/m0/s1. The van der Waals surface area contributed by atoms with Gasteiger partial charge in [-0.15, -0.1) is 0 Å². The molecule has 15 heteroatoms. The fourth-order valence-corrected chi connectivity index (χ4v) is 12.9. The molecule has 5 amide bonds. The second-order valence-electron chi connectivity index (χ2n) is 19.3. The Labute approximate surface area is 375 Å². The Morgan fingerprint density at radius 3 is 2.34 bits per heavy atom. The van der Waals surface area contributed by atoms with Crippen LogP contribution in [0, 0.1) is 18.7 Å². The number of nitrogens with one attached hydrogen (secondary N) is 4. The zero-order chi connectivity index (χ0) is 44.7. The molecule has 6 aliphatic rings. The highest BCUT2D eigenvalue weighted by Crippen LogP contribution is 2.62. The maximum absolute atomic E-state index is 16.4. The van der Waals surface area contributed by atoms with Gasteiger partial charge in [0.2, 0.25) is 29.5 Å². The number of aromatic nitrogens is 2. The third-order valence-electron chi connectivity index (χ3n) is 15.8. The summed E-state index contributed by atoms with van der Waals surface area (Å²) in [5.41, 5.74) is 2.84. The molecule has 336 valence electrons. The molecular weight excluding hydrogens is 837 g/mol. The molecule has 0 bridgehead atoms. The van der Waals surface area contributed by atoms with Crippen LogP contribution < -0.4 is 27.0 Å². The maximum Gasteiger partial charge on any atom is 0.329 e. The van der Waals surface area contributed by atoms with Gasteiger partial charge in [-0.25, -0.2) is 9.18 Å². The molecule has 3 aromatic carbocycles. The van der Waals surface area contributed by atoms with Crippen LogP contribution in [0.25, 0.3) is 11.0 Å². The number of likely N-dealkylation sites (tertiary alicyclic amines) is 1. The summed E-state index contributed by atoms with van der Waals surface area (Å²) in [5, 5.41) is 12.5. The summed E-state index contributed by atoms with van der Waals surface area (Å²) >= 11 is 6.44. The van der Waals surface area contributed by atoms with E-state index in [1.807, 2.05) is 48.2 Å². The Bertz CT molecular complexity index is 2660. The molecule has 5 heterocycles. The summed E-state index contributed by atoms with van der Waals surface area (Å²) in [6, 6.07) is 14.8. The SMILES string of the molecule is Cc1ccc2c(c1)NC(=O)[C@]21[C@@H](c2cccc(Cl)c2F)[C@H](C(=O)NC2CCC(C(=O)N3CCC(c4ccc5c(c4)n(C)c(=O)n5C4CCC(=O)NC4=O)CC3)CC2)NC12CCCCC2. The lowest BCUT2D eigenvalue weighted by Gasteiger charge is -2.47. The van der Waals surface area contributed by atoms with Crippen molar-refractivity contribution >= 4 is 57.9 Å². The number of fused-ring (bicyclic) bond motifs is 4. The number of aryl methyl sites for hydroxylation is 2. The summed E-state index contributed by atoms with van der Waals surface area (Å²) in [7, 11) is 1.70. The van der Waals surface area contributed by atoms with Gasteiger partial charge in [-0.2, -0.15) is 0 Å². The van der Waals surface area contributed by atoms with E-state index in [1.54, 1.807) is 23.7 Å². The number of benzene rings is 3. The van der Waals surface area contributed by atoms with Gasteiger partial charge in [-0.1, -0.05) is 61.2 Å². The predicted molar refractivity (Wildman–Crippen MR) is 239 cm³/mol. The molecule has 64 heavy (non-hydrogen) atoms. The van der Waals surface area contributed by atoms with Crippen LogP contribution in [-0.4, -0.2) is 74.3 Å². The number of anilines is 1. The molecule has 2 spiro atoms. The van der Waals surface area contributed by atoms with Crippen LogP contribution in [0.5, 0.6) is 0 Å². The summed E-state index contributed by atoms with van der Waals surface area (Å²) in [6.45, 7) is 3.20. The molecule has 0 radical (unpaired) electrons. The number of hydrogen-bond acceptors (Lipinski definition) is 7. The number of carbonyl (C=O) groups excluding carboxylic acids is 5. The Hall–Kier alpha value is -5.34. The molecule has 10 rings (SSSR count). The highest BCUT2D eigenvalue weighted by Gasteiger charge is 2.72. The highest BCUT2D eigenvalue weighted by molar-refractivity contribution is 6.30. The van der Waals surface area contributed by atoms with Crippen LogP contribution in [0.1, 0.15) is 124 Å². The van der Waals surface area contributed by atoms with Gasteiger partial charge >= 0.3 is 5.69 Å². The topological polar surface area (TPSA) is 164 Å². The second-order valence-corrected chi connectivity index (χ2v) is 19.7. The van der Waals surface area contributed by atoms with Gasteiger partial charge in [-0.05, 0) is 117 Å². The van der Waals surface area contributed by atoms with Gasteiger partial charge in [0.05, 0.1) is 22.1 Å². The van der Waals surface area contributed by atoms with Crippen molar-refractivity contribution in [2.24, 2.45) is 13.0 Å². The van der Waals surface area contributed by atoms with Crippen molar-refractivity contribution in [3.63, 3.8) is 0 Å². The first-order chi connectivity index (χ1) is 30.8. The quantitative estimate of drug-likeness (QED) is 0.169. The molecule has 4 aliphatic heterocycles. The average Bonchev–Trinajstić information content (AvgIpc) is 3.84. The number of imide groups is 1. The van der Waals surface area contributed by atoms with Crippen LogP contribution >= 0.6 is 11.6 Å². The molecular formula is C49H55ClFN7O6. The minimum Gasteiger partial charge on any atom is -0.352 e. The fourth-order valence-electron chi connectivity index (χ4n) is 12.7. The summed E-state index contributed by atoms with van der Waals surface area (Å²) in [6.07, 6.45) is 8.60. The lowest BCUT2D eigenvalue weighted by atomic mass is 9.55. The lowest BCUT2D eigenvalue weighted by Crippen LogP contribution is -2.60. The van der Waals surface area contributed by atoms with Gasteiger partial charge < -0.3 is 15.5 Å². The number of nitrogens with zero attached hydrogens (tertiary/aromatic N) is 3. The Morgan fingerprint density at radius 1 is 0.859 bits per heavy atom. The lowest BCUT2D eigenvalue weighted by molar-refractivity contribution is -0.138. The summed E-state index contributed by atoms with van der Waals surface area (Å²) < 4.78 is 19.4. The van der Waals surface area contributed by atoms with Gasteiger partial charge in [-0.3, -0.25) is 43.7 Å². The number of imidazole rings is 1. The maximum atomic E-state index is 16.4. The minimum absolute atomic E-state index is 0.0556. The van der Waals surface area contributed by atoms with Crippen molar-refractivity contribution in [2.75, 3.05) is 18.4 Å². The molecule has 1 unspecified atom stereocenters. The van der Waals surface area contributed by atoms with Crippen molar-refractivity contribution in [2.45, 2.75) is 131 Å². The number of piperidine rings is 2. The van der Waals surface area contributed by atoms with Crippen LogP contribution in [0.3, 0.4) is 0 Å². The van der Waals surface area contributed by atoms with E-state index in [0.29, 0.717) is 62.8 Å². The van der Waals surface area contributed by atoms with E-state index in [9.17, 15) is 28.8 Å². The minimum atomic E-state index is -1.25. The van der Waals surface area contributed by atoms with E-state index < -0.39 is 40.7 Å². The number of carbonyl (C=O) groups is 5. The van der Waals surface area contributed by atoms with E-state index in [1.165, 1.54) is 10.6 Å². The van der Waals surface area contributed by atoms with Gasteiger partial charge in [0.15, 0.2) is 0 Å².